The monoisotopic (exact) mass is 345 g/mol. The molecule has 0 fully saturated rings. The van der Waals surface area contributed by atoms with Crippen LogP contribution in [0, 0.1) is 0 Å². The quantitative estimate of drug-likeness (QED) is 0.366. The van der Waals surface area contributed by atoms with E-state index < -0.39 is 0 Å². The molecule has 0 rings (SSSR count). The molecule has 128 valence electrons. The van der Waals surface area contributed by atoms with E-state index in [1.165, 1.54) is 13.5 Å². The van der Waals surface area contributed by atoms with Crippen molar-refractivity contribution < 1.29 is 9.53 Å². The predicted octanol–water partition coefficient (Wildman–Crippen LogP) is 5.32. The van der Waals surface area contributed by atoms with Crippen molar-refractivity contribution in [2.75, 3.05) is 14.2 Å². The van der Waals surface area contributed by atoms with E-state index in [1.54, 1.807) is 27.7 Å². The van der Waals surface area contributed by atoms with Crippen molar-refractivity contribution in [3.8, 4) is 0 Å². The van der Waals surface area contributed by atoms with Crippen LogP contribution in [0.15, 0.2) is 35.4 Å². The molecule has 0 heterocycles. The molecule has 0 aliphatic carbocycles. The number of carbonyl (C=O) groups excluding carboxylic acids is 1. The third-order valence-electron chi connectivity index (χ3n) is 2.24. The Morgan fingerprint density at radius 3 is 2.27 bits per heavy atom. The Labute approximate surface area is 144 Å². The van der Waals surface area contributed by atoms with Crippen LogP contribution >= 0.6 is 21.6 Å². The second-order valence-electron chi connectivity index (χ2n) is 5.11. The molecule has 3 nitrogen and oxygen atoms in total. The summed E-state index contributed by atoms with van der Waals surface area (Å²) >= 11 is 0. The van der Waals surface area contributed by atoms with Crippen molar-refractivity contribution in [3.05, 3.63) is 35.4 Å². The minimum absolute atomic E-state index is 0.181. The van der Waals surface area contributed by atoms with Gasteiger partial charge in [-0.2, -0.15) is 0 Å². The third kappa shape index (κ3) is 11.8. The molecule has 0 spiro atoms. The number of esters is 1. The smallest absolute Gasteiger partial charge is 0.306 e. The van der Waals surface area contributed by atoms with Crippen molar-refractivity contribution in [2.45, 2.75) is 52.2 Å². The number of hydrogen-bond donors (Lipinski definition) is 1. The Morgan fingerprint density at radius 2 is 1.91 bits per heavy atom. The minimum Gasteiger partial charge on any atom is -0.469 e. The molecule has 0 unspecified atom stereocenters. The summed E-state index contributed by atoms with van der Waals surface area (Å²) < 4.78 is 4.53. The van der Waals surface area contributed by atoms with Crippen LogP contribution in [-0.2, 0) is 9.53 Å². The Balaban J connectivity index is 0. The molecule has 0 aromatic carbocycles. The highest BCUT2D eigenvalue weighted by molar-refractivity contribution is 8.78. The topological polar surface area (TPSA) is 38.3 Å². The average Bonchev–Trinajstić information content (AvgIpc) is 2.46. The molecule has 0 atom stereocenters. The standard InChI is InChI=1S/C14H23NO2S2.C3H8/c1-7-9-11(15-5)12(8-2)18-19-14(3,4)10-13(16)17-6;1-3-2/h7-9,15H,1,10H2,2-6H3;3H2,1-2H3/b11-9+,12-8+;. The molecular weight excluding hydrogens is 314 g/mol. The van der Waals surface area contributed by atoms with Crippen molar-refractivity contribution >= 4 is 27.6 Å². The van der Waals surface area contributed by atoms with Gasteiger partial charge in [0.25, 0.3) is 0 Å². The first kappa shape index (κ1) is 23.5. The maximum Gasteiger partial charge on any atom is 0.306 e. The largest absolute Gasteiger partial charge is 0.469 e. The maximum atomic E-state index is 11.3. The first-order chi connectivity index (χ1) is 10.3. The van der Waals surface area contributed by atoms with Crippen LogP contribution in [0.5, 0.6) is 0 Å². The lowest BCUT2D eigenvalue weighted by atomic mass is 10.1. The Morgan fingerprint density at radius 1 is 1.36 bits per heavy atom. The summed E-state index contributed by atoms with van der Waals surface area (Å²) in [5.41, 5.74) is 1.02. The molecule has 0 aliphatic heterocycles. The zero-order valence-corrected chi connectivity index (χ0v) is 16.6. The summed E-state index contributed by atoms with van der Waals surface area (Å²) in [5, 5.41) is 3.14. The van der Waals surface area contributed by atoms with E-state index in [0.717, 1.165) is 10.6 Å². The first-order valence-electron chi connectivity index (χ1n) is 7.41. The Kier molecular flexibility index (Phi) is 14.7. The number of carbonyl (C=O) groups is 1. The van der Waals surface area contributed by atoms with Gasteiger partial charge in [-0.15, -0.1) is 0 Å². The second kappa shape index (κ2) is 13.8. The number of methoxy groups -OCH3 is 1. The lowest BCUT2D eigenvalue weighted by Gasteiger charge is -2.22. The van der Waals surface area contributed by atoms with Crippen molar-refractivity contribution in [3.63, 3.8) is 0 Å². The molecule has 0 aliphatic rings. The van der Waals surface area contributed by atoms with Crippen LogP contribution in [0.1, 0.15) is 47.5 Å². The molecule has 0 aromatic rings. The van der Waals surface area contributed by atoms with Gasteiger partial charge in [0.1, 0.15) is 0 Å². The molecule has 1 N–H and O–H groups in total. The molecule has 22 heavy (non-hydrogen) atoms. The van der Waals surface area contributed by atoms with E-state index in [4.69, 9.17) is 4.74 Å². The van der Waals surface area contributed by atoms with E-state index in [2.05, 4.69) is 25.7 Å². The van der Waals surface area contributed by atoms with E-state index in [0.29, 0.717) is 6.42 Å². The summed E-state index contributed by atoms with van der Waals surface area (Å²) in [6, 6.07) is 0. The summed E-state index contributed by atoms with van der Waals surface area (Å²) in [6.07, 6.45) is 7.35. The number of nitrogens with one attached hydrogen (secondary N) is 1. The maximum absolute atomic E-state index is 11.3. The third-order valence-corrected chi connectivity index (χ3v) is 5.69. The normalized spacial score (nSPS) is 12.1. The van der Waals surface area contributed by atoms with Gasteiger partial charge in [0.2, 0.25) is 0 Å². The van der Waals surface area contributed by atoms with Crippen molar-refractivity contribution in [1.29, 1.82) is 0 Å². The molecule has 0 amide bonds. The average molecular weight is 346 g/mol. The van der Waals surface area contributed by atoms with Crippen LogP contribution in [0.4, 0.5) is 0 Å². The highest BCUT2D eigenvalue weighted by atomic mass is 33.1. The van der Waals surface area contributed by atoms with Crippen molar-refractivity contribution in [1.82, 2.24) is 5.32 Å². The zero-order chi connectivity index (χ0) is 17.6. The van der Waals surface area contributed by atoms with Gasteiger partial charge in [-0.1, -0.05) is 60.6 Å². The van der Waals surface area contributed by atoms with Gasteiger partial charge < -0.3 is 10.1 Å². The van der Waals surface area contributed by atoms with Gasteiger partial charge in [-0.3, -0.25) is 4.79 Å². The zero-order valence-electron chi connectivity index (χ0n) is 15.0. The van der Waals surface area contributed by atoms with Crippen LogP contribution in [0.25, 0.3) is 0 Å². The molecule has 0 radical (unpaired) electrons. The lowest BCUT2D eigenvalue weighted by Crippen LogP contribution is -2.20. The summed E-state index contributed by atoms with van der Waals surface area (Å²) in [7, 11) is 6.60. The highest BCUT2D eigenvalue weighted by Gasteiger charge is 2.24. The first-order valence-corrected chi connectivity index (χ1v) is 9.56. The molecule has 0 aromatic heterocycles. The van der Waals surface area contributed by atoms with E-state index in [-0.39, 0.29) is 10.7 Å². The van der Waals surface area contributed by atoms with Gasteiger partial charge in [0.15, 0.2) is 0 Å². The molecular formula is C17H31NO2S2. The van der Waals surface area contributed by atoms with Crippen LogP contribution < -0.4 is 5.32 Å². The Bertz CT molecular complexity index is 388. The van der Waals surface area contributed by atoms with E-state index >= 15 is 0 Å². The van der Waals surface area contributed by atoms with E-state index in [1.807, 2.05) is 40.0 Å². The van der Waals surface area contributed by atoms with Crippen LogP contribution in [0.2, 0.25) is 0 Å². The fourth-order valence-electron chi connectivity index (χ4n) is 1.26. The number of hydrogen-bond acceptors (Lipinski definition) is 5. The second-order valence-corrected chi connectivity index (χ2v) is 7.98. The summed E-state index contributed by atoms with van der Waals surface area (Å²) in [4.78, 5) is 12.5. The van der Waals surface area contributed by atoms with Crippen LogP contribution in [-0.4, -0.2) is 24.9 Å². The molecule has 5 heteroatoms. The van der Waals surface area contributed by atoms with Gasteiger partial charge >= 0.3 is 5.97 Å². The predicted molar refractivity (Wildman–Crippen MR) is 103 cm³/mol. The lowest BCUT2D eigenvalue weighted by molar-refractivity contribution is -0.141. The Hall–Kier alpha value is -0.810. The molecule has 0 saturated carbocycles. The number of likely N-dealkylation sites (N-methyl/N-ethyl adjacent to an activating group) is 1. The van der Waals surface area contributed by atoms with Gasteiger partial charge in [0, 0.05) is 22.4 Å². The summed E-state index contributed by atoms with van der Waals surface area (Å²) in [5.74, 6) is -0.185. The van der Waals surface area contributed by atoms with Gasteiger partial charge in [0.05, 0.1) is 13.5 Å². The van der Waals surface area contributed by atoms with Crippen LogP contribution in [0.3, 0.4) is 0 Å². The summed E-state index contributed by atoms with van der Waals surface area (Å²) in [6.45, 7) is 14.0. The minimum atomic E-state index is -0.185. The van der Waals surface area contributed by atoms with Crippen molar-refractivity contribution in [2.24, 2.45) is 0 Å². The number of rotatable bonds is 8. The van der Waals surface area contributed by atoms with E-state index in [9.17, 15) is 4.79 Å². The molecule has 0 saturated heterocycles. The fraction of sp³-hybridized carbons (Fsp3) is 0.588. The number of allylic oxidation sites excluding steroid dienone is 3. The SMILES string of the molecule is C=C/C=C(NC)\C(=C/C)SSC(C)(C)CC(=O)OC.CCC. The highest BCUT2D eigenvalue weighted by Crippen LogP contribution is 2.43. The van der Waals surface area contributed by atoms with Gasteiger partial charge in [-0.05, 0) is 26.8 Å². The number of ether oxygens (including phenoxy) is 1. The molecule has 0 bridgehead atoms. The fourth-order valence-corrected chi connectivity index (χ4v) is 3.79. The van der Waals surface area contributed by atoms with Gasteiger partial charge in [-0.25, -0.2) is 0 Å².